The molecule has 3 aliphatic rings. The summed E-state index contributed by atoms with van der Waals surface area (Å²) in [7, 11) is 0. The molecule has 1 saturated carbocycles. The third kappa shape index (κ3) is 4.86. The predicted octanol–water partition coefficient (Wildman–Crippen LogP) is 5.00. The number of para-hydroxylation sites is 1. The molecule has 1 aliphatic carbocycles. The number of alkyl halides is 2. The molecule has 0 bridgehead atoms. The molecule has 2 aromatic heterocycles. The van der Waals surface area contributed by atoms with E-state index in [-0.39, 0.29) is 53.1 Å². The zero-order chi connectivity index (χ0) is 28.9. The first-order valence-corrected chi connectivity index (χ1v) is 14.5. The van der Waals surface area contributed by atoms with Crippen LogP contribution in [-0.4, -0.2) is 58.3 Å². The molecule has 2 fully saturated rings. The molecule has 41 heavy (non-hydrogen) atoms. The third-order valence-electron chi connectivity index (χ3n) is 8.25. The van der Waals surface area contributed by atoms with Crippen molar-refractivity contribution in [2.24, 2.45) is 5.92 Å². The van der Waals surface area contributed by atoms with E-state index in [9.17, 15) is 23.2 Å². The van der Waals surface area contributed by atoms with E-state index in [0.717, 1.165) is 6.20 Å². The molecule has 8 nitrogen and oxygen atoms in total. The fourth-order valence-corrected chi connectivity index (χ4v) is 6.86. The van der Waals surface area contributed by atoms with Gasteiger partial charge >= 0.3 is 0 Å². The normalized spacial score (nSPS) is 21.2. The van der Waals surface area contributed by atoms with Crippen LogP contribution in [0.1, 0.15) is 64.2 Å². The largest absolute Gasteiger partial charge is 0.349 e. The fraction of sp³-hybridized carbons (Fsp3) is 0.393. The zero-order valence-electron chi connectivity index (χ0n) is 21.7. The summed E-state index contributed by atoms with van der Waals surface area (Å²) < 4.78 is 41.8. The van der Waals surface area contributed by atoms with Gasteiger partial charge in [-0.1, -0.05) is 23.7 Å². The summed E-state index contributed by atoms with van der Waals surface area (Å²) in [6, 6.07) is 5.61. The molecule has 3 amide bonds. The van der Waals surface area contributed by atoms with Crippen LogP contribution in [0.3, 0.4) is 0 Å². The number of likely N-dealkylation sites (tertiary alicyclic amines) is 1. The number of hydrogen-bond acceptors (Lipinski definition) is 6. The Morgan fingerprint density at radius 2 is 1.93 bits per heavy atom. The van der Waals surface area contributed by atoms with Crippen molar-refractivity contribution < 1.29 is 27.6 Å². The average molecular weight is 604 g/mol. The van der Waals surface area contributed by atoms with Crippen LogP contribution in [0.4, 0.5) is 18.9 Å². The third-order valence-corrected chi connectivity index (χ3v) is 9.04. The summed E-state index contributed by atoms with van der Waals surface area (Å²) in [6.07, 6.45) is 0.602. The maximum Gasteiger partial charge on any atom is 0.281 e. The van der Waals surface area contributed by atoms with E-state index >= 15 is 4.39 Å². The topological polar surface area (TPSA) is 95.5 Å². The van der Waals surface area contributed by atoms with E-state index < -0.39 is 29.3 Å². The molecule has 0 atom stereocenters. The second-order valence-corrected chi connectivity index (χ2v) is 11.9. The fourth-order valence-electron chi connectivity index (χ4n) is 6.18. The summed E-state index contributed by atoms with van der Waals surface area (Å²) in [6.45, 7) is 0.628. The quantitative estimate of drug-likeness (QED) is 0.428. The molecular weight excluding hydrogens is 579 g/mol. The number of carbonyl (C=O) groups excluding carboxylic acids is 3. The Labute approximate surface area is 242 Å². The van der Waals surface area contributed by atoms with Crippen molar-refractivity contribution in [1.29, 1.82) is 0 Å². The SMILES string of the molecule is O=C(N[C@H]1CC[C@H](CN2C(=O)C3(CN(C(=O)c4cscn4)C3)c3cccc(F)c32)CC1)c1cc(Cl)cnc1C(F)F. The Balaban J connectivity index is 1.11. The first-order chi connectivity index (χ1) is 19.7. The van der Waals surface area contributed by atoms with E-state index in [4.69, 9.17) is 11.6 Å². The van der Waals surface area contributed by atoms with Gasteiger partial charge in [0.25, 0.3) is 18.2 Å². The number of benzene rings is 1. The van der Waals surface area contributed by atoms with Gasteiger partial charge in [-0.05, 0) is 49.3 Å². The second-order valence-electron chi connectivity index (χ2n) is 10.7. The molecule has 1 aromatic carbocycles. The van der Waals surface area contributed by atoms with Crippen LogP contribution in [0.5, 0.6) is 0 Å². The van der Waals surface area contributed by atoms with Crippen molar-refractivity contribution in [3.63, 3.8) is 0 Å². The highest BCUT2D eigenvalue weighted by molar-refractivity contribution is 7.07. The van der Waals surface area contributed by atoms with E-state index in [2.05, 4.69) is 15.3 Å². The lowest BCUT2D eigenvalue weighted by Crippen LogP contribution is -2.65. The van der Waals surface area contributed by atoms with Crippen LogP contribution in [0.15, 0.2) is 41.4 Å². The number of aromatic nitrogens is 2. The van der Waals surface area contributed by atoms with Crippen molar-refractivity contribution in [2.45, 2.75) is 43.6 Å². The van der Waals surface area contributed by atoms with Gasteiger partial charge in [-0.15, -0.1) is 11.3 Å². The summed E-state index contributed by atoms with van der Waals surface area (Å²) in [4.78, 5) is 50.1. The molecule has 13 heteroatoms. The number of fused-ring (bicyclic) bond motifs is 2. The number of hydrogen-bond donors (Lipinski definition) is 1. The lowest BCUT2D eigenvalue weighted by molar-refractivity contribution is -0.128. The summed E-state index contributed by atoms with van der Waals surface area (Å²) in [5.74, 6) is -1.57. The van der Waals surface area contributed by atoms with Crippen LogP contribution in [0, 0.1) is 11.7 Å². The van der Waals surface area contributed by atoms with Crippen LogP contribution in [-0.2, 0) is 10.2 Å². The second kappa shape index (κ2) is 10.7. The Bertz CT molecular complexity index is 1510. The predicted molar refractivity (Wildman–Crippen MR) is 146 cm³/mol. The van der Waals surface area contributed by atoms with Gasteiger partial charge in [0.15, 0.2) is 0 Å². The van der Waals surface area contributed by atoms with Crippen molar-refractivity contribution in [2.75, 3.05) is 24.5 Å². The summed E-state index contributed by atoms with van der Waals surface area (Å²) in [5.41, 5.74) is 0.903. The van der Waals surface area contributed by atoms with Crippen LogP contribution in [0.2, 0.25) is 5.02 Å². The Morgan fingerprint density at radius 3 is 2.61 bits per heavy atom. The minimum atomic E-state index is -2.92. The number of pyridine rings is 1. The van der Waals surface area contributed by atoms with Crippen LogP contribution >= 0.6 is 22.9 Å². The molecule has 214 valence electrons. The Morgan fingerprint density at radius 1 is 1.17 bits per heavy atom. The Kier molecular flexibility index (Phi) is 7.23. The first-order valence-electron chi connectivity index (χ1n) is 13.2. The smallest absolute Gasteiger partial charge is 0.281 e. The molecule has 1 saturated heterocycles. The van der Waals surface area contributed by atoms with Gasteiger partial charge in [-0.3, -0.25) is 19.4 Å². The van der Waals surface area contributed by atoms with Gasteiger partial charge in [0.1, 0.15) is 22.6 Å². The molecular formula is C28H25ClF3N5O3S. The average Bonchev–Trinajstić information content (AvgIpc) is 3.55. The monoisotopic (exact) mass is 603 g/mol. The number of thiazole rings is 1. The molecule has 3 aromatic rings. The molecule has 2 aliphatic heterocycles. The summed E-state index contributed by atoms with van der Waals surface area (Å²) >= 11 is 7.19. The van der Waals surface area contributed by atoms with Gasteiger partial charge in [-0.25, -0.2) is 18.2 Å². The molecule has 6 rings (SSSR count). The number of nitrogens with zero attached hydrogens (tertiary/aromatic N) is 4. The lowest BCUT2D eigenvalue weighted by atomic mass is 9.74. The summed E-state index contributed by atoms with van der Waals surface area (Å²) in [5, 5.41) is 4.56. The van der Waals surface area contributed by atoms with E-state index in [1.54, 1.807) is 27.9 Å². The number of nitrogens with one attached hydrogen (secondary N) is 1. The zero-order valence-corrected chi connectivity index (χ0v) is 23.2. The van der Waals surface area contributed by atoms with Gasteiger partial charge in [0.05, 0.1) is 21.8 Å². The van der Waals surface area contributed by atoms with Gasteiger partial charge in [-0.2, -0.15) is 0 Å². The standard InChI is InChI=1S/C28H25ClF3N5O3S/c29-16-8-18(22(24(31)32)33-9-16)25(38)35-17-6-4-15(5-7-17)10-37-23-19(2-1-3-20(23)30)28(27(37)40)12-36(13-28)26(39)21-11-41-14-34-21/h1-3,8-9,11,14-15,17,24H,4-7,10,12-13H2,(H,35,38)/t15-,17-. The van der Waals surface area contributed by atoms with E-state index in [1.807, 2.05) is 0 Å². The molecule has 0 radical (unpaired) electrons. The minimum absolute atomic E-state index is 0.0481. The van der Waals surface area contributed by atoms with Crippen molar-refractivity contribution in [3.8, 4) is 0 Å². The number of anilines is 1. The lowest BCUT2D eigenvalue weighted by Gasteiger charge is -2.46. The molecule has 1 spiro atoms. The van der Waals surface area contributed by atoms with Crippen molar-refractivity contribution in [1.82, 2.24) is 20.2 Å². The highest BCUT2D eigenvalue weighted by Crippen LogP contribution is 2.49. The number of halogens is 4. The Hall–Kier alpha value is -3.51. The number of rotatable bonds is 6. The molecule has 0 unspecified atom stereocenters. The van der Waals surface area contributed by atoms with E-state index in [0.29, 0.717) is 43.5 Å². The van der Waals surface area contributed by atoms with Gasteiger partial charge < -0.3 is 15.1 Å². The minimum Gasteiger partial charge on any atom is -0.349 e. The highest BCUT2D eigenvalue weighted by Gasteiger charge is 2.60. The van der Waals surface area contributed by atoms with Gasteiger partial charge in [0, 0.05) is 37.3 Å². The van der Waals surface area contributed by atoms with Crippen molar-refractivity contribution in [3.05, 3.63) is 74.7 Å². The first kappa shape index (κ1) is 27.6. The maximum atomic E-state index is 15.1. The maximum absolute atomic E-state index is 15.1. The molecule has 4 heterocycles. The number of carbonyl (C=O) groups is 3. The number of amides is 3. The van der Waals surface area contributed by atoms with Crippen LogP contribution < -0.4 is 10.2 Å². The van der Waals surface area contributed by atoms with Gasteiger partial charge in [0.2, 0.25) is 5.91 Å². The van der Waals surface area contributed by atoms with Crippen LogP contribution in [0.25, 0.3) is 0 Å². The highest BCUT2D eigenvalue weighted by atomic mass is 35.5. The van der Waals surface area contributed by atoms with E-state index in [1.165, 1.54) is 28.4 Å². The van der Waals surface area contributed by atoms with Crippen molar-refractivity contribution >= 4 is 46.3 Å². The molecule has 1 N–H and O–H groups in total.